The molecular formula is C18H20N2O3. The van der Waals surface area contributed by atoms with Gasteiger partial charge in [0.15, 0.2) is 0 Å². The van der Waals surface area contributed by atoms with Gasteiger partial charge >= 0.3 is 0 Å². The number of hydrogen-bond donors (Lipinski definition) is 0. The highest BCUT2D eigenvalue weighted by molar-refractivity contribution is 5.97. The quantitative estimate of drug-likeness (QED) is 0.872. The van der Waals surface area contributed by atoms with Gasteiger partial charge in [-0.3, -0.25) is 9.59 Å². The molecule has 0 aliphatic carbocycles. The number of rotatable bonds is 4. The summed E-state index contributed by atoms with van der Waals surface area (Å²) in [5.41, 5.74) is 2.15. The van der Waals surface area contributed by atoms with Crippen LogP contribution in [0.25, 0.3) is 0 Å². The van der Waals surface area contributed by atoms with Crippen LogP contribution in [-0.2, 0) is 22.6 Å². The first-order chi connectivity index (χ1) is 11.1. The molecule has 0 spiro atoms. The van der Waals surface area contributed by atoms with Crippen molar-refractivity contribution in [3.8, 4) is 0 Å². The Bertz CT molecular complexity index is 694. The molecule has 0 saturated carbocycles. The van der Waals surface area contributed by atoms with Crippen LogP contribution in [-0.4, -0.2) is 29.8 Å². The second-order valence-corrected chi connectivity index (χ2v) is 5.73. The van der Waals surface area contributed by atoms with Crippen LogP contribution in [0.5, 0.6) is 0 Å². The molecule has 1 aliphatic heterocycles. The number of fused-ring (bicyclic) bond motifs is 1. The molecule has 0 saturated heterocycles. The number of para-hydroxylation sites is 1. The lowest BCUT2D eigenvalue weighted by atomic mass is 10.0. The predicted octanol–water partition coefficient (Wildman–Crippen LogP) is 2.61. The van der Waals surface area contributed by atoms with Gasteiger partial charge in [-0.2, -0.15) is 0 Å². The van der Waals surface area contributed by atoms with Crippen molar-refractivity contribution >= 4 is 17.5 Å². The normalized spacial score (nSPS) is 13.5. The van der Waals surface area contributed by atoms with E-state index in [0.717, 1.165) is 18.5 Å². The number of hydrogen-bond acceptors (Lipinski definition) is 3. The Morgan fingerprint density at radius 3 is 2.78 bits per heavy atom. The maximum atomic E-state index is 12.7. The van der Waals surface area contributed by atoms with Crippen molar-refractivity contribution in [3.63, 3.8) is 0 Å². The van der Waals surface area contributed by atoms with E-state index in [1.807, 2.05) is 18.2 Å². The van der Waals surface area contributed by atoms with Gasteiger partial charge in [-0.25, -0.2) is 0 Å². The first kappa shape index (κ1) is 15.3. The van der Waals surface area contributed by atoms with Gasteiger partial charge in [-0.1, -0.05) is 18.2 Å². The molecule has 5 nitrogen and oxygen atoms in total. The summed E-state index contributed by atoms with van der Waals surface area (Å²) < 4.78 is 5.28. The fraction of sp³-hybridized carbons (Fsp3) is 0.333. The van der Waals surface area contributed by atoms with Crippen molar-refractivity contribution in [1.29, 1.82) is 0 Å². The summed E-state index contributed by atoms with van der Waals surface area (Å²) in [6, 6.07) is 11.5. The van der Waals surface area contributed by atoms with Crippen molar-refractivity contribution in [1.82, 2.24) is 4.90 Å². The SMILES string of the molecule is CC(=O)N(CC(=O)N1CCCc2ccccc21)Cc1ccco1. The summed E-state index contributed by atoms with van der Waals surface area (Å²) in [5.74, 6) is 0.478. The molecule has 120 valence electrons. The molecule has 5 heteroatoms. The second kappa shape index (κ2) is 6.69. The van der Waals surface area contributed by atoms with Gasteiger partial charge in [0.2, 0.25) is 11.8 Å². The zero-order chi connectivity index (χ0) is 16.2. The van der Waals surface area contributed by atoms with Crippen molar-refractivity contribution in [2.75, 3.05) is 18.0 Å². The molecular weight excluding hydrogens is 292 g/mol. The van der Waals surface area contributed by atoms with Gasteiger partial charge < -0.3 is 14.2 Å². The zero-order valence-electron chi connectivity index (χ0n) is 13.2. The summed E-state index contributed by atoms with van der Waals surface area (Å²) in [7, 11) is 0. The largest absolute Gasteiger partial charge is 0.467 e. The van der Waals surface area contributed by atoms with Crippen molar-refractivity contribution < 1.29 is 14.0 Å². The Labute approximate surface area is 135 Å². The van der Waals surface area contributed by atoms with Crippen LogP contribution in [0.1, 0.15) is 24.7 Å². The molecule has 0 fully saturated rings. The molecule has 1 aromatic carbocycles. The third-order valence-corrected chi connectivity index (χ3v) is 4.11. The Morgan fingerprint density at radius 2 is 2.04 bits per heavy atom. The summed E-state index contributed by atoms with van der Waals surface area (Å²) in [6.07, 6.45) is 3.50. The van der Waals surface area contributed by atoms with E-state index < -0.39 is 0 Å². The minimum Gasteiger partial charge on any atom is -0.467 e. The summed E-state index contributed by atoms with van der Waals surface area (Å²) in [4.78, 5) is 27.9. The minimum atomic E-state index is -0.139. The maximum Gasteiger partial charge on any atom is 0.246 e. The molecule has 0 radical (unpaired) electrons. The van der Waals surface area contributed by atoms with E-state index in [1.165, 1.54) is 17.4 Å². The summed E-state index contributed by atoms with van der Waals surface area (Å²) >= 11 is 0. The fourth-order valence-electron chi connectivity index (χ4n) is 2.91. The van der Waals surface area contributed by atoms with Gasteiger partial charge in [-0.05, 0) is 36.6 Å². The summed E-state index contributed by atoms with van der Waals surface area (Å²) in [5, 5.41) is 0. The van der Waals surface area contributed by atoms with Gasteiger partial charge in [-0.15, -0.1) is 0 Å². The Kier molecular flexibility index (Phi) is 4.46. The first-order valence-corrected chi connectivity index (χ1v) is 7.81. The topological polar surface area (TPSA) is 53.8 Å². The molecule has 0 unspecified atom stereocenters. The van der Waals surface area contributed by atoms with E-state index >= 15 is 0 Å². The van der Waals surface area contributed by atoms with E-state index in [1.54, 1.807) is 23.3 Å². The van der Waals surface area contributed by atoms with Crippen molar-refractivity contribution in [3.05, 3.63) is 54.0 Å². The highest BCUT2D eigenvalue weighted by Crippen LogP contribution is 2.26. The number of benzene rings is 1. The number of aryl methyl sites for hydroxylation is 1. The lowest BCUT2D eigenvalue weighted by molar-refractivity contribution is -0.134. The fourth-order valence-corrected chi connectivity index (χ4v) is 2.91. The van der Waals surface area contributed by atoms with Gasteiger partial charge in [0, 0.05) is 19.2 Å². The lowest BCUT2D eigenvalue weighted by Crippen LogP contribution is -2.43. The molecule has 0 bridgehead atoms. The van der Waals surface area contributed by atoms with Crippen molar-refractivity contribution in [2.45, 2.75) is 26.3 Å². The van der Waals surface area contributed by atoms with Gasteiger partial charge in [0.1, 0.15) is 12.3 Å². The van der Waals surface area contributed by atoms with Crippen LogP contribution < -0.4 is 4.90 Å². The van der Waals surface area contributed by atoms with E-state index in [2.05, 4.69) is 6.07 Å². The average Bonchev–Trinajstić information content (AvgIpc) is 3.06. The lowest BCUT2D eigenvalue weighted by Gasteiger charge is -2.31. The van der Waals surface area contributed by atoms with Crippen molar-refractivity contribution in [2.24, 2.45) is 0 Å². The third kappa shape index (κ3) is 3.44. The summed E-state index contributed by atoms with van der Waals surface area (Å²) in [6.45, 7) is 2.54. The average molecular weight is 312 g/mol. The number of anilines is 1. The van der Waals surface area contributed by atoms with E-state index in [0.29, 0.717) is 18.8 Å². The number of furan rings is 1. The Balaban J connectivity index is 1.74. The highest BCUT2D eigenvalue weighted by Gasteiger charge is 2.25. The third-order valence-electron chi connectivity index (χ3n) is 4.11. The number of carbonyl (C=O) groups excluding carboxylic acids is 2. The molecule has 3 rings (SSSR count). The molecule has 2 amide bonds. The first-order valence-electron chi connectivity index (χ1n) is 7.81. The standard InChI is InChI=1S/C18H20N2O3/c1-14(21)19(12-16-8-5-11-23-16)13-18(22)20-10-4-7-15-6-2-3-9-17(15)20/h2-3,5-6,8-9,11H,4,7,10,12-13H2,1H3. The maximum absolute atomic E-state index is 12.7. The molecule has 23 heavy (non-hydrogen) atoms. The minimum absolute atomic E-state index is 0.0566. The monoisotopic (exact) mass is 312 g/mol. The molecule has 0 N–H and O–H groups in total. The molecule has 2 heterocycles. The second-order valence-electron chi connectivity index (χ2n) is 5.73. The number of nitrogens with zero attached hydrogens (tertiary/aromatic N) is 2. The zero-order valence-corrected chi connectivity index (χ0v) is 13.2. The Hall–Kier alpha value is -2.56. The van der Waals surface area contributed by atoms with Crippen LogP contribution in [0.4, 0.5) is 5.69 Å². The Morgan fingerprint density at radius 1 is 1.22 bits per heavy atom. The molecule has 1 aliphatic rings. The molecule has 0 atom stereocenters. The van der Waals surface area contributed by atoms with Crippen LogP contribution in [0.2, 0.25) is 0 Å². The van der Waals surface area contributed by atoms with E-state index in [9.17, 15) is 9.59 Å². The van der Waals surface area contributed by atoms with E-state index in [4.69, 9.17) is 4.42 Å². The van der Waals surface area contributed by atoms with Crippen LogP contribution in [0, 0.1) is 0 Å². The van der Waals surface area contributed by atoms with Crippen LogP contribution in [0.15, 0.2) is 47.1 Å². The predicted molar refractivity (Wildman–Crippen MR) is 86.9 cm³/mol. The van der Waals surface area contributed by atoms with Gasteiger partial charge in [0.25, 0.3) is 0 Å². The smallest absolute Gasteiger partial charge is 0.246 e. The highest BCUT2D eigenvalue weighted by atomic mass is 16.3. The van der Waals surface area contributed by atoms with Crippen LogP contribution in [0.3, 0.4) is 0 Å². The van der Waals surface area contributed by atoms with Crippen LogP contribution >= 0.6 is 0 Å². The number of amides is 2. The molecule has 1 aromatic heterocycles. The number of carbonyl (C=O) groups is 2. The van der Waals surface area contributed by atoms with E-state index in [-0.39, 0.29) is 18.4 Å². The van der Waals surface area contributed by atoms with Gasteiger partial charge in [0.05, 0.1) is 12.8 Å². The molecule has 2 aromatic rings.